The molecule has 0 aliphatic carbocycles. The molecule has 7 heteroatoms. The number of anilines is 1. The number of furan rings is 1. The zero-order chi connectivity index (χ0) is 20.8. The molecule has 30 heavy (non-hydrogen) atoms. The minimum atomic E-state index is 0.165. The van der Waals surface area contributed by atoms with E-state index >= 15 is 0 Å². The van der Waals surface area contributed by atoms with Crippen molar-refractivity contribution in [3.8, 4) is 5.75 Å². The maximum Gasteiger partial charge on any atom is 0.236 e. The van der Waals surface area contributed by atoms with E-state index in [1.54, 1.807) is 24.7 Å². The topological polar surface area (TPSA) is 49.2 Å². The summed E-state index contributed by atoms with van der Waals surface area (Å²) in [5.41, 5.74) is 1.09. The summed E-state index contributed by atoms with van der Waals surface area (Å²) >= 11 is 1.71. The molecule has 0 saturated carbocycles. The number of methoxy groups -OCH3 is 1. The fourth-order valence-electron chi connectivity index (χ4n) is 3.79. The smallest absolute Gasteiger partial charge is 0.236 e. The van der Waals surface area contributed by atoms with E-state index in [1.807, 2.05) is 41.3 Å². The average molecular weight is 426 g/mol. The highest BCUT2D eigenvalue weighted by atomic mass is 32.1. The van der Waals surface area contributed by atoms with Crippen LogP contribution in [0.3, 0.4) is 0 Å². The van der Waals surface area contributed by atoms with Crippen molar-refractivity contribution >= 4 is 22.9 Å². The highest BCUT2D eigenvalue weighted by molar-refractivity contribution is 7.09. The van der Waals surface area contributed by atoms with Crippen molar-refractivity contribution in [3.63, 3.8) is 0 Å². The van der Waals surface area contributed by atoms with Crippen LogP contribution in [-0.4, -0.2) is 55.5 Å². The van der Waals surface area contributed by atoms with Gasteiger partial charge >= 0.3 is 0 Å². The molecule has 0 unspecified atom stereocenters. The number of para-hydroxylation sites is 2. The summed E-state index contributed by atoms with van der Waals surface area (Å²) in [5, 5.41) is 2.07. The van der Waals surface area contributed by atoms with Crippen LogP contribution in [0.25, 0.3) is 0 Å². The zero-order valence-corrected chi connectivity index (χ0v) is 18.0. The van der Waals surface area contributed by atoms with Gasteiger partial charge in [0.2, 0.25) is 5.91 Å². The van der Waals surface area contributed by atoms with Crippen LogP contribution in [0.2, 0.25) is 0 Å². The van der Waals surface area contributed by atoms with Gasteiger partial charge in [-0.25, -0.2) is 0 Å². The normalized spacial score (nSPS) is 14.3. The van der Waals surface area contributed by atoms with Gasteiger partial charge in [-0.1, -0.05) is 18.2 Å². The Balaban J connectivity index is 1.36. The number of carbonyl (C=O) groups is 1. The number of benzene rings is 1. The number of rotatable bonds is 8. The van der Waals surface area contributed by atoms with Crippen molar-refractivity contribution in [2.24, 2.45) is 0 Å². The SMILES string of the molecule is COc1ccccc1N1CCN(C(=O)CN(Cc2ccco2)Cc2cccs2)CC1. The first-order chi connectivity index (χ1) is 14.7. The van der Waals surface area contributed by atoms with Crippen molar-refractivity contribution in [1.29, 1.82) is 0 Å². The van der Waals surface area contributed by atoms with Crippen LogP contribution in [-0.2, 0) is 17.9 Å². The molecule has 6 nitrogen and oxygen atoms in total. The molecular formula is C23H27N3O3S. The molecule has 0 radical (unpaired) electrons. The Morgan fingerprint density at radius 1 is 1.07 bits per heavy atom. The van der Waals surface area contributed by atoms with E-state index in [4.69, 9.17) is 9.15 Å². The van der Waals surface area contributed by atoms with Gasteiger partial charge in [0.05, 0.1) is 32.1 Å². The number of amides is 1. The lowest BCUT2D eigenvalue weighted by molar-refractivity contribution is -0.133. The molecule has 158 valence electrons. The third-order valence-electron chi connectivity index (χ3n) is 5.34. The third kappa shape index (κ3) is 5.04. The van der Waals surface area contributed by atoms with Gasteiger partial charge < -0.3 is 19.0 Å². The fraction of sp³-hybridized carbons (Fsp3) is 0.348. The van der Waals surface area contributed by atoms with E-state index in [9.17, 15) is 4.79 Å². The molecule has 1 saturated heterocycles. The Hall–Kier alpha value is -2.77. The van der Waals surface area contributed by atoms with Gasteiger partial charge in [-0.05, 0) is 35.7 Å². The molecule has 3 aromatic rings. The summed E-state index contributed by atoms with van der Waals surface area (Å²) in [5.74, 6) is 1.91. The molecule has 1 aliphatic rings. The summed E-state index contributed by atoms with van der Waals surface area (Å²) < 4.78 is 11.0. The van der Waals surface area contributed by atoms with Gasteiger partial charge in [0.25, 0.3) is 0 Å². The molecule has 2 aromatic heterocycles. The molecule has 0 spiro atoms. The molecule has 0 bridgehead atoms. The summed E-state index contributed by atoms with van der Waals surface area (Å²) in [6.45, 7) is 4.77. The van der Waals surface area contributed by atoms with E-state index in [1.165, 1.54) is 4.88 Å². The molecule has 1 fully saturated rings. The Kier molecular flexibility index (Phi) is 6.71. The number of nitrogens with zero attached hydrogens (tertiary/aromatic N) is 3. The second-order valence-electron chi connectivity index (χ2n) is 7.34. The lowest BCUT2D eigenvalue weighted by atomic mass is 10.2. The summed E-state index contributed by atoms with van der Waals surface area (Å²) in [4.78, 5) is 20.7. The highest BCUT2D eigenvalue weighted by Crippen LogP contribution is 2.28. The van der Waals surface area contributed by atoms with Crippen molar-refractivity contribution in [1.82, 2.24) is 9.80 Å². The molecule has 1 amide bonds. The molecule has 1 aromatic carbocycles. The predicted octanol–water partition coefficient (Wildman–Crippen LogP) is 3.70. The summed E-state index contributed by atoms with van der Waals surface area (Å²) in [7, 11) is 1.69. The number of ether oxygens (including phenoxy) is 1. The van der Waals surface area contributed by atoms with Crippen molar-refractivity contribution in [2.45, 2.75) is 13.1 Å². The van der Waals surface area contributed by atoms with E-state index in [-0.39, 0.29) is 5.91 Å². The van der Waals surface area contributed by atoms with Crippen LogP contribution in [0, 0.1) is 0 Å². The third-order valence-corrected chi connectivity index (χ3v) is 6.20. The van der Waals surface area contributed by atoms with Crippen LogP contribution in [0.4, 0.5) is 5.69 Å². The summed E-state index contributed by atoms with van der Waals surface area (Å²) in [6.07, 6.45) is 1.68. The van der Waals surface area contributed by atoms with Gasteiger partial charge in [-0.3, -0.25) is 9.69 Å². The highest BCUT2D eigenvalue weighted by Gasteiger charge is 2.24. The number of hydrogen-bond acceptors (Lipinski definition) is 6. The lowest BCUT2D eigenvalue weighted by Gasteiger charge is -2.37. The van der Waals surface area contributed by atoms with Crippen LogP contribution in [0.15, 0.2) is 64.6 Å². The maximum atomic E-state index is 13.0. The molecule has 1 aliphatic heterocycles. The second kappa shape index (κ2) is 9.82. The average Bonchev–Trinajstić information content (AvgIpc) is 3.48. The first-order valence-electron chi connectivity index (χ1n) is 10.2. The Labute approximate surface area is 181 Å². The quantitative estimate of drug-likeness (QED) is 0.551. The van der Waals surface area contributed by atoms with Crippen molar-refractivity contribution in [3.05, 3.63) is 70.8 Å². The van der Waals surface area contributed by atoms with Gasteiger partial charge in [-0.2, -0.15) is 0 Å². The van der Waals surface area contributed by atoms with E-state index < -0.39 is 0 Å². The second-order valence-corrected chi connectivity index (χ2v) is 8.38. The van der Waals surface area contributed by atoms with Gasteiger partial charge in [-0.15, -0.1) is 11.3 Å². The van der Waals surface area contributed by atoms with Gasteiger partial charge in [0.15, 0.2) is 0 Å². The van der Waals surface area contributed by atoms with Gasteiger partial charge in [0, 0.05) is 37.6 Å². The molecule has 0 atom stereocenters. The predicted molar refractivity (Wildman–Crippen MR) is 119 cm³/mol. The largest absolute Gasteiger partial charge is 0.495 e. The molecular weight excluding hydrogens is 398 g/mol. The van der Waals surface area contributed by atoms with E-state index in [2.05, 4.69) is 27.3 Å². The monoisotopic (exact) mass is 425 g/mol. The van der Waals surface area contributed by atoms with Crippen LogP contribution >= 0.6 is 11.3 Å². The van der Waals surface area contributed by atoms with Crippen LogP contribution in [0.1, 0.15) is 10.6 Å². The zero-order valence-electron chi connectivity index (χ0n) is 17.2. The molecule has 4 rings (SSSR count). The van der Waals surface area contributed by atoms with Crippen LogP contribution in [0.5, 0.6) is 5.75 Å². The Morgan fingerprint density at radius 2 is 1.90 bits per heavy atom. The number of piperazine rings is 1. The number of thiophene rings is 1. The van der Waals surface area contributed by atoms with Crippen molar-refractivity contribution < 1.29 is 13.9 Å². The molecule has 0 N–H and O–H groups in total. The minimum absolute atomic E-state index is 0.165. The van der Waals surface area contributed by atoms with E-state index in [0.29, 0.717) is 26.2 Å². The van der Waals surface area contributed by atoms with Crippen LogP contribution < -0.4 is 9.64 Å². The number of hydrogen-bond donors (Lipinski definition) is 0. The Morgan fingerprint density at radius 3 is 2.60 bits per heavy atom. The fourth-order valence-corrected chi connectivity index (χ4v) is 4.54. The standard InChI is InChI=1S/C23H27N3O3S/c1-28-22-9-3-2-8-21(22)25-10-12-26(13-11-25)23(27)18-24(16-19-6-4-14-29-19)17-20-7-5-15-30-20/h2-9,14-15H,10-13,16-18H2,1H3. The van der Waals surface area contributed by atoms with Crippen molar-refractivity contribution in [2.75, 3.05) is 44.7 Å². The van der Waals surface area contributed by atoms with E-state index in [0.717, 1.165) is 36.8 Å². The maximum absolute atomic E-state index is 13.0. The lowest BCUT2D eigenvalue weighted by Crippen LogP contribution is -2.51. The Bertz CT molecular complexity index is 883. The number of carbonyl (C=O) groups excluding carboxylic acids is 1. The first kappa shape index (κ1) is 20.5. The first-order valence-corrected chi connectivity index (χ1v) is 11.0. The minimum Gasteiger partial charge on any atom is -0.495 e. The molecule has 3 heterocycles. The summed E-state index contributed by atoms with van der Waals surface area (Å²) in [6, 6.07) is 16.0. The van der Waals surface area contributed by atoms with Gasteiger partial charge in [0.1, 0.15) is 11.5 Å².